The largest absolute Gasteiger partial charge is 0.456 e. The van der Waals surface area contributed by atoms with Crippen molar-refractivity contribution in [2.45, 2.75) is 57.8 Å². The summed E-state index contributed by atoms with van der Waals surface area (Å²) in [6, 6.07) is 70.2. The van der Waals surface area contributed by atoms with E-state index in [1.165, 1.54) is 61.0 Å². The van der Waals surface area contributed by atoms with Gasteiger partial charge in [0.25, 0.3) is 0 Å². The van der Waals surface area contributed by atoms with E-state index < -0.39 is 0 Å². The topological polar surface area (TPSA) is 55.1 Å². The summed E-state index contributed by atoms with van der Waals surface area (Å²) in [5, 5.41) is 2.32. The van der Waals surface area contributed by atoms with Crippen LogP contribution in [0.15, 0.2) is 199 Å². The second-order valence-electron chi connectivity index (χ2n) is 21.4. The number of para-hydroxylation sites is 2. The molecule has 1 spiro atoms. The van der Waals surface area contributed by atoms with Crippen LogP contribution in [0.2, 0.25) is 0 Å². The minimum absolute atomic E-state index is 0.153. The average Bonchev–Trinajstić information content (AvgIpc) is 3.84. The molecule has 1 aliphatic heterocycles. The van der Waals surface area contributed by atoms with Gasteiger partial charge in [-0.3, -0.25) is 0 Å². The van der Waals surface area contributed by atoms with Crippen molar-refractivity contribution in [1.29, 1.82) is 0 Å². The van der Waals surface area contributed by atoms with Crippen molar-refractivity contribution >= 4 is 39.0 Å². The number of hydrogen-bond donors (Lipinski definition) is 0. The molecule has 5 nitrogen and oxygen atoms in total. The van der Waals surface area contributed by atoms with Gasteiger partial charge in [-0.1, -0.05) is 159 Å². The quantitative estimate of drug-likeness (QED) is 0.166. The van der Waals surface area contributed by atoms with Crippen molar-refractivity contribution in [2.75, 3.05) is 4.90 Å². The molecule has 0 radical (unpaired) electrons. The van der Waals surface area contributed by atoms with Gasteiger partial charge in [-0.15, -0.1) is 0 Å². The summed E-state index contributed by atoms with van der Waals surface area (Å²) in [4.78, 5) is 18.6. The lowest BCUT2D eigenvalue weighted by Crippen LogP contribution is -2.55. The molecular weight excluding hydrogens is 865 g/mol. The van der Waals surface area contributed by atoms with Crippen LogP contribution in [0.25, 0.3) is 78.4 Å². The lowest BCUT2D eigenvalue weighted by molar-refractivity contribution is -0.00269. The van der Waals surface area contributed by atoms with Crippen LogP contribution in [-0.2, 0) is 5.41 Å². The van der Waals surface area contributed by atoms with Crippen LogP contribution in [0.4, 0.5) is 17.1 Å². The number of fused-ring (bicyclic) bond motifs is 7. The van der Waals surface area contributed by atoms with Crippen LogP contribution in [-0.4, -0.2) is 15.0 Å². The molecule has 0 amide bonds. The van der Waals surface area contributed by atoms with Gasteiger partial charge in [0.15, 0.2) is 17.5 Å². The molecule has 0 saturated heterocycles. The van der Waals surface area contributed by atoms with Crippen molar-refractivity contribution in [2.24, 2.45) is 35.5 Å². The van der Waals surface area contributed by atoms with Crippen molar-refractivity contribution in [3.63, 3.8) is 0 Å². The maximum atomic E-state index is 6.87. The Kier molecular flexibility index (Phi) is 9.98. The molecule has 4 bridgehead atoms. The Morgan fingerprint density at radius 2 is 1.04 bits per heavy atom. The fourth-order valence-corrected chi connectivity index (χ4v) is 14.6. The molecule has 5 saturated carbocycles. The monoisotopic (exact) mass is 920 g/mol. The second kappa shape index (κ2) is 16.8. The lowest BCUT2D eigenvalue weighted by atomic mass is 9.44. The van der Waals surface area contributed by atoms with Gasteiger partial charge < -0.3 is 9.32 Å². The van der Waals surface area contributed by atoms with Crippen molar-refractivity contribution in [1.82, 2.24) is 15.0 Å². The van der Waals surface area contributed by atoms with E-state index in [-0.39, 0.29) is 5.41 Å². The summed E-state index contributed by atoms with van der Waals surface area (Å²) in [5.74, 6) is 5.78. The molecule has 8 aromatic carbocycles. The van der Waals surface area contributed by atoms with Crippen LogP contribution in [0.1, 0.15) is 63.5 Å². The zero-order valence-electron chi connectivity index (χ0n) is 40.4. The molecule has 346 valence electrons. The fraction of sp³-hybridized carbons (Fsp3) is 0.227. The molecular formula is C66H56N4O. The molecule has 71 heavy (non-hydrogen) atoms. The van der Waals surface area contributed by atoms with Crippen molar-refractivity contribution in [3.8, 4) is 56.4 Å². The van der Waals surface area contributed by atoms with Gasteiger partial charge in [-0.25, -0.2) is 15.0 Å². The third-order valence-electron chi connectivity index (χ3n) is 17.2. The predicted molar refractivity (Wildman–Crippen MR) is 290 cm³/mol. The highest BCUT2D eigenvalue weighted by molar-refractivity contribution is 6.08. The van der Waals surface area contributed by atoms with Crippen molar-refractivity contribution in [3.05, 3.63) is 205 Å². The number of anilines is 3. The molecule has 5 fully saturated rings. The molecule has 3 heterocycles. The van der Waals surface area contributed by atoms with E-state index in [2.05, 4.69) is 213 Å². The maximum absolute atomic E-state index is 6.87. The van der Waals surface area contributed by atoms with Gasteiger partial charge >= 0.3 is 0 Å². The Balaban J connectivity index is 0.977. The van der Waals surface area contributed by atoms with Gasteiger partial charge in [0.2, 0.25) is 0 Å². The number of furan rings is 1. The minimum atomic E-state index is -0.153. The third-order valence-corrected chi connectivity index (χ3v) is 17.2. The number of aromatic nitrogens is 3. The molecule has 10 aromatic rings. The summed E-state index contributed by atoms with van der Waals surface area (Å²) >= 11 is 0. The molecule has 2 aromatic heterocycles. The smallest absolute Gasteiger partial charge is 0.164 e. The molecule has 5 aliphatic carbocycles. The Morgan fingerprint density at radius 3 is 1.75 bits per heavy atom. The summed E-state index contributed by atoms with van der Waals surface area (Å²) < 4.78 is 6.87. The van der Waals surface area contributed by atoms with Gasteiger partial charge in [0, 0.05) is 38.6 Å². The van der Waals surface area contributed by atoms with Crippen LogP contribution in [0, 0.1) is 35.5 Å². The van der Waals surface area contributed by atoms with Crippen LogP contribution in [0.5, 0.6) is 0 Å². The zero-order chi connectivity index (χ0) is 47.2. The Labute approximate surface area is 416 Å². The predicted octanol–water partition coefficient (Wildman–Crippen LogP) is 17.3. The maximum Gasteiger partial charge on any atom is 0.164 e. The summed E-state index contributed by atoms with van der Waals surface area (Å²) in [7, 11) is 0. The lowest BCUT2D eigenvalue weighted by Gasteiger charge is -2.61. The second-order valence-corrected chi connectivity index (χ2v) is 21.4. The summed E-state index contributed by atoms with van der Waals surface area (Å²) in [6.45, 7) is 5.16. The van der Waals surface area contributed by atoms with E-state index in [1.54, 1.807) is 0 Å². The summed E-state index contributed by atoms with van der Waals surface area (Å²) in [6.07, 6.45) is 7.88. The van der Waals surface area contributed by atoms with Gasteiger partial charge in [-0.2, -0.15) is 0 Å². The normalized spacial score (nSPS) is 23.3. The Hall–Kier alpha value is -7.63. The fourth-order valence-electron chi connectivity index (χ4n) is 14.6. The van der Waals surface area contributed by atoms with E-state index in [1.807, 2.05) is 0 Å². The molecule has 16 rings (SSSR count). The molecule has 7 unspecified atom stereocenters. The van der Waals surface area contributed by atoms with Gasteiger partial charge in [-0.05, 0) is 156 Å². The third kappa shape index (κ3) is 6.91. The summed E-state index contributed by atoms with van der Waals surface area (Å²) in [5.41, 5.74) is 15.7. The SMILES string of the molecule is CC1CC2CC(C)C3C(CCC(C1)C31c3ccccc3N(c3cccc(-c4nc(-c5cccc(-c6ccccc6)c5)nc(-c5cccc(-c6ccccc6)c5)n4)c3)c3cc4c(cc31)oc1ccccc14)C2. The standard InChI is InChI=1S/C66H56N4O/c1-41-32-43-34-42(2)62-48(35-43)30-31-52(33-41)66(62)56-27-10-11-28-58(56)70(59-39-55-54-26-9-12-29-60(54)71-61(55)40-57(59)66)53-25-15-24-51(38-53)65-68-63(49-22-13-20-46(36-49)44-16-5-3-6-17-44)67-64(69-65)50-23-14-21-47(37-50)45-18-7-4-8-19-45/h3-29,36-43,48,52,62H,30-35H2,1-2H3. The van der Waals surface area contributed by atoms with E-state index in [9.17, 15) is 0 Å². The zero-order valence-corrected chi connectivity index (χ0v) is 40.4. The number of hydrogen-bond acceptors (Lipinski definition) is 5. The molecule has 0 N–H and O–H groups in total. The van der Waals surface area contributed by atoms with Crippen LogP contribution >= 0.6 is 0 Å². The average molecular weight is 921 g/mol. The highest BCUT2D eigenvalue weighted by Gasteiger charge is 2.61. The molecule has 6 aliphatic rings. The van der Waals surface area contributed by atoms with Crippen molar-refractivity contribution < 1.29 is 4.42 Å². The van der Waals surface area contributed by atoms with Gasteiger partial charge in [0.1, 0.15) is 11.2 Å². The van der Waals surface area contributed by atoms with Gasteiger partial charge in [0.05, 0.1) is 11.4 Å². The van der Waals surface area contributed by atoms with E-state index >= 15 is 0 Å². The highest BCUT2D eigenvalue weighted by atomic mass is 16.3. The van der Waals surface area contributed by atoms with E-state index in [0.717, 1.165) is 72.5 Å². The first-order chi connectivity index (χ1) is 35.0. The van der Waals surface area contributed by atoms with E-state index in [4.69, 9.17) is 19.4 Å². The van der Waals surface area contributed by atoms with Crippen LogP contribution < -0.4 is 4.90 Å². The van der Waals surface area contributed by atoms with Crippen LogP contribution in [0.3, 0.4) is 0 Å². The minimum Gasteiger partial charge on any atom is -0.456 e. The first-order valence-electron chi connectivity index (χ1n) is 26.0. The van der Waals surface area contributed by atoms with E-state index in [0.29, 0.717) is 47.1 Å². The molecule has 7 atom stereocenters. The molecule has 5 heteroatoms. The number of nitrogens with zero attached hydrogens (tertiary/aromatic N) is 4. The first kappa shape index (κ1) is 42.3. The Morgan fingerprint density at radius 1 is 0.451 bits per heavy atom. The number of benzene rings is 8. The highest BCUT2D eigenvalue weighted by Crippen LogP contribution is 2.68. The Bertz CT molecular complexity index is 3550. The first-order valence-corrected chi connectivity index (χ1v) is 26.0. The number of rotatable bonds is 6.